The fourth-order valence-electron chi connectivity index (χ4n) is 2.39. The summed E-state index contributed by atoms with van der Waals surface area (Å²) in [4.78, 5) is 24.6. The third-order valence-corrected chi connectivity index (χ3v) is 5.36. The van der Waals surface area contributed by atoms with Crippen molar-refractivity contribution >= 4 is 51.1 Å². The van der Waals surface area contributed by atoms with Crippen LogP contribution in [0, 0.1) is 0 Å². The molecule has 1 heterocycles. The van der Waals surface area contributed by atoms with Crippen LogP contribution in [0.5, 0.6) is 5.75 Å². The van der Waals surface area contributed by atoms with Gasteiger partial charge in [-0.2, -0.15) is 5.10 Å². The van der Waals surface area contributed by atoms with Gasteiger partial charge in [0.2, 0.25) is 0 Å². The molecule has 8 heteroatoms. The number of thiophene rings is 1. The molecule has 0 aliphatic heterocycles. The molecule has 0 spiro atoms. The Balaban J connectivity index is 1.56. The minimum absolute atomic E-state index is 0.216. The minimum Gasteiger partial charge on any atom is -0.496 e. The standard InChI is InChI=1S/C19H16ClN3O3S/c1-26-14-8-4-2-6-12(14)10-22-23-16(24)11-21-19(25)18-17(20)13-7-3-5-9-15(13)27-18/h2-10H,11H2,1H3,(H,21,25)(H,23,24)/b22-10-. The van der Waals surface area contributed by atoms with E-state index in [1.807, 2.05) is 36.4 Å². The van der Waals surface area contributed by atoms with Crippen molar-refractivity contribution in [1.82, 2.24) is 10.7 Å². The van der Waals surface area contributed by atoms with Gasteiger partial charge in [0.1, 0.15) is 10.6 Å². The van der Waals surface area contributed by atoms with Crippen LogP contribution in [0.3, 0.4) is 0 Å². The summed E-state index contributed by atoms with van der Waals surface area (Å²) in [5.74, 6) is -0.208. The molecule has 3 rings (SSSR count). The van der Waals surface area contributed by atoms with Crippen LogP contribution in [-0.2, 0) is 4.79 Å². The number of fused-ring (bicyclic) bond motifs is 1. The first-order valence-electron chi connectivity index (χ1n) is 8.00. The zero-order valence-corrected chi connectivity index (χ0v) is 15.9. The third-order valence-electron chi connectivity index (χ3n) is 3.68. The van der Waals surface area contributed by atoms with Gasteiger partial charge in [-0.05, 0) is 18.2 Å². The van der Waals surface area contributed by atoms with Gasteiger partial charge in [0.05, 0.1) is 24.9 Å². The molecular weight excluding hydrogens is 386 g/mol. The van der Waals surface area contributed by atoms with Gasteiger partial charge in [-0.25, -0.2) is 5.43 Å². The largest absolute Gasteiger partial charge is 0.496 e. The fraction of sp³-hybridized carbons (Fsp3) is 0.105. The maximum absolute atomic E-state index is 12.3. The molecule has 0 aliphatic rings. The molecular formula is C19H16ClN3O3S. The normalized spacial score (nSPS) is 10.9. The van der Waals surface area contributed by atoms with Gasteiger partial charge in [0.25, 0.3) is 11.8 Å². The second-order valence-corrected chi connectivity index (χ2v) is 6.89. The van der Waals surface area contributed by atoms with E-state index < -0.39 is 11.8 Å². The Morgan fingerprint density at radius 3 is 2.70 bits per heavy atom. The molecule has 0 radical (unpaired) electrons. The topological polar surface area (TPSA) is 79.8 Å². The summed E-state index contributed by atoms with van der Waals surface area (Å²) >= 11 is 7.54. The molecule has 6 nitrogen and oxygen atoms in total. The molecule has 0 atom stereocenters. The highest BCUT2D eigenvalue weighted by atomic mass is 35.5. The molecule has 0 fully saturated rings. The summed E-state index contributed by atoms with van der Waals surface area (Å²) in [6.07, 6.45) is 1.47. The number of nitrogens with zero attached hydrogens (tertiary/aromatic N) is 1. The summed E-state index contributed by atoms with van der Waals surface area (Å²) in [5.41, 5.74) is 3.08. The van der Waals surface area contributed by atoms with Crippen molar-refractivity contribution in [2.75, 3.05) is 13.7 Å². The Bertz CT molecular complexity index is 1020. The Kier molecular flexibility index (Phi) is 6.05. The van der Waals surface area contributed by atoms with Gasteiger partial charge in [-0.1, -0.05) is 41.9 Å². The third kappa shape index (κ3) is 4.45. The van der Waals surface area contributed by atoms with Crippen LogP contribution in [0.2, 0.25) is 5.02 Å². The van der Waals surface area contributed by atoms with Crippen molar-refractivity contribution in [2.24, 2.45) is 5.10 Å². The van der Waals surface area contributed by atoms with Crippen LogP contribution in [0.1, 0.15) is 15.2 Å². The zero-order valence-electron chi connectivity index (χ0n) is 14.4. The number of hydrogen-bond acceptors (Lipinski definition) is 5. The molecule has 2 N–H and O–H groups in total. The van der Waals surface area contributed by atoms with Gasteiger partial charge >= 0.3 is 0 Å². The fourth-order valence-corrected chi connectivity index (χ4v) is 3.82. The number of amides is 2. The molecule has 0 bridgehead atoms. The molecule has 0 saturated carbocycles. The first kappa shape index (κ1) is 18.9. The summed E-state index contributed by atoms with van der Waals surface area (Å²) in [6.45, 7) is -0.216. The number of para-hydroxylation sites is 1. The maximum atomic E-state index is 12.3. The second kappa shape index (κ2) is 8.66. The number of benzene rings is 2. The van der Waals surface area contributed by atoms with Crippen molar-refractivity contribution < 1.29 is 14.3 Å². The van der Waals surface area contributed by atoms with E-state index in [1.165, 1.54) is 17.6 Å². The van der Waals surface area contributed by atoms with E-state index in [1.54, 1.807) is 19.2 Å². The lowest BCUT2D eigenvalue weighted by Gasteiger charge is -2.04. The number of carbonyl (C=O) groups is 2. The average Bonchev–Trinajstić information content (AvgIpc) is 3.03. The number of rotatable bonds is 6. The Morgan fingerprint density at radius 1 is 1.19 bits per heavy atom. The van der Waals surface area contributed by atoms with Crippen molar-refractivity contribution in [3.63, 3.8) is 0 Å². The Labute approximate surface area is 164 Å². The van der Waals surface area contributed by atoms with E-state index in [-0.39, 0.29) is 6.54 Å². The highest BCUT2D eigenvalue weighted by molar-refractivity contribution is 7.21. The SMILES string of the molecule is COc1ccccc1/C=N\NC(=O)CNC(=O)c1sc2ccccc2c1Cl. The van der Waals surface area contributed by atoms with Crippen LogP contribution in [0.25, 0.3) is 10.1 Å². The lowest BCUT2D eigenvalue weighted by molar-refractivity contribution is -0.120. The number of nitrogens with one attached hydrogen (secondary N) is 2. The van der Waals surface area contributed by atoms with Gasteiger partial charge in [-0.3, -0.25) is 9.59 Å². The second-order valence-electron chi connectivity index (χ2n) is 5.46. The molecule has 0 aliphatic carbocycles. The van der Waals surface area contributed by atoms with Crippen LogP contribution in [0.15, 0.2) is 53.6 Å². The quantitative estimate of drug-likeness (QED) is 0.490. The summed E-state index contributed by atoms with van der Waals surface area (Å²) in [7, 11) is 1.56. The van der Waals surface area contributed by atoms with Crippen molar-refractivity contribution in [3.05, 3.63) is 64.0 Å². The molecule has 2 amide bonds. The number of ether oxygens (including phenoxy) is 1. The van der Waals surface area contributed by atoms with E-state index in [9.17, 15) is 9.59 Å². The number of carbonyl (C=O) groups excluding carboxylic acids is 2. The van der Waals surface area contributed by atoms with Crippen LogP contribution in [-0.4, -0.2) is 31.7 Å². The van der Waals surface area contributed by atoms with Crippen LogP contribution in [0.4, 0.5) is 0 Å². The highest BCUT2D eigenvalue weighted by Crippen LogP contribution is 2.34. The number of hydrogen-bond donors (Lipinski definition) is 2. The van der Waals surface area contributed by atoms with Crippen LogP contribution < -0.4 is 15.5 Å². The van der Waals surface area contributed by atoms with E-state index in [0.29, 0.717) is 15.6 Å². The van der Waals surface area contributed by atoms with Gasteiger partial charge in [0, 0.05) is 15.6 Å². The highest BCUT2D eigenvalue weighted by Gasteiger charge is 2.17. The molecule has 0 saturated heterocycles. The number of methoxy groups -OCH3 is 1. The van der Waals surface area contributed by atoms with E-state index in [2.05, 4.69) is 15.8 Å². The first-order valence-corrected chi connectivity index (χ1v) is 9.19. The molecule has 2 aromatic carbocycles. The predicted molar refractivity (Wildman–Crippen MR) is 108 cm³/mol. The average molecular weight is 402 g/mol. The van der Waals surface area contributed by atoms with Crippen LogP contribution >= 0.6 is 22.9 Å². The van der Waals surface area contributed by atoms with Gasteiger partial charge < -0.3 is 10.1 Å². The molecule has 3 aromatic rings. The zero-order chi connectivity index (χ0) is 19.2. The summed E-state index contributed by atoms with van der Waals surface area (Å²) in [5, 5.41) is 7.63. The molecule has 138 valence electrons. The van der Waals surface area contributed by atoms with Crippen molar-refractivity contribution in [2.45, 2.75) is 0 Å². The van der Waals surface area contributed by atoms with E-state index in [0.717, 1.165) is 15.6 Å². The van der Waals surface area contributed by atoms with Gasteiger partial charge in [0.15, 0.2) is 0 Å². The van der Waals surface area contributed by atoms with E-state index in [4.69, 9.17) is 16.3 Å². The van der Waals surface area contributed by atoms with E-state index >= 15 is 0 Å². The lowest BCUT2D eigenvalue weighted by atomic mass is 10.2. The van der Waals surface area contributed by atoms with Crippen molar-refractivity contribution in [3.8, 4) is 5.75 Å². The Hall–Kier alpha value is -2.90. The number of hydrazone groups is 1. The predicted octanol–water partition coefficient (Wildman–Crippen LogP) is 3.44. The van der Waals surface area contributed by atoms with Gasteiger partial charge in [-0.15, -0.1) is 11.3 Å². The Morgan fingerprint density at radius 2 is 1.93 bits per heavy atom. The van der Waals surface area contributed by atoms with Crippen molar-refractivity contribution in [1.29, 1.82) is 0 Å². The molecule has 0 unspecified atom stereocenters. The molecule has 27 heavy (non-hydrogen) atoms. The molecule has 1 aromatic heterocycles. The lowest BCUT2D eigenvalue weighted by Crippen LogP contribution is -2.34. The monoisotopic (exact) mass is 401 g/mol. The minimum atomic E-state index is -0.452. The first-order chi connectivity index (χ1) is 13.1. The smallest absolute Gasteiger partial charge is 0.263 e. The summed E-state index contributed by atoms with van der Waals surface area (Å²) < 4.78 is 6.11. The maximum Gasteiger partial charge on any atom is 0.263 e. The number of halogens is 1. The summed E-state index contributed by atoms with van der Waals surface area (Å²) in [6, 6.07) is 14.7.